The number of azide groups is 1. The summed E-state index contributed by atoms with van der Waals surface area (Å²) in [6.07, 6.45) is -2.45. The van der Waals surface area contributed by atoms with Crippen molar-refractivity contribution >= 4 is 11.8 Å². The minimum Gasteiger partial charge on any atom is -0.369 e. The first-order valence-electron chi connectivity index (χ1n) is 11.2. The van der Waals surface area contributed by atoms with E-state index in [9.17, 15) is 5.53 Å². The molecule has 2 aliphatic heterocycles. The van der Waals surface area contributed by atoms with Gasteiger partial charge in [-0.25, -0.2) is 0 Å². The van der Waals surface area contributed by atoms with E-state index in [1.54, 1.807) is 11.8 Å². The standard InChI is InChI=1S/C26H25N3O4S/c27-29-28-25-24(34-20-14-8-3-9-15-20)23(30-16-18-10-4-1-5-11-18)22-21(32-25)17-31-26(33-22)19-12-6-2-7-13-19/h1-15,21-26H,16-17H2/t21-,22-,23+,24+,25-,26?/m1/s1. The van der Waals surface area contributed by atoms with Crippen molar-refractivity contribution < 1.29 is 18.9 Å². The van der Waals surface area contributed by atoms with Gasteiger partial charge in [0, 0.05) is 15.4 Å². The van der Waals surface area contributed by atoms with Crippen LogP contribution in [0.4, 0.5) is 0 Å². The molecule has 7 nitrogen and oxygen atoms in total. The zero-order chi connectivity index (χ0) is 23.2. The second kappa shape index (κ2) is 11.1. The average Bonchev–Trinajstić information content (AvgIpc) is 2.90. The van der Waals surface area contributed by atoms with Crippen molar-refractivity contribution in [2.75, 3.05) is 6.61 Å². The van der Waals surface area contributed by atoms with Gasteiger partial charge in [0.15, 0.2) is 12.5 Å². The number of rotatable bonds is 7. The molecular formula is C26H25N3O4S. The van der Waals surface area contributed by atoms with Crippen molar-refractivity contribution in [3.8, 4) is 0 Å². The maximum absolute atomic E-state index is 9.25. The highest BCUT2D eigenvalue weighted by Crippen LogP contribution is 2.42. The summed E-state index contributed by atoms with van der Waals surface area (Å²) in [6, 6.07) is 29.8. The van der Waals surface area contributed by atoms with Crippen LogP contribution in [0.1, 0.15) is 17.4 Å². The highest BCUT2D eigenvalue weighted by atomic mass is 32.2. The normalized spacial score (nSPS) is 28.5. The molecule has 0 saturated carbocycles. The maximum Gasteiger partial charge on any atom is 0.184 e. The molecule has 2 heterocycles. The molecule has 0 aliphatic carbocycles. The van der Waals surface area contributed by atoms with E-state index in [2.05, 4.69) is 10.0 Å². The van der Waals surface area contributed by atoms with Crippen molar-refractivity contribution in [1.29, 1.82) is 0 Å². The number of fused-ring (bicyclic) bond motifs is 1. The Balaban J connectivity index is 1.45. The molecule has 0 spiro atoms. The Morgan fingerprint density at radius 3 is 2.29 bits per heavy atom. The molecule has 174 valence electrons. The van der Waals surface area contributed by atoms with Gasteiger partial charge in [-0.15, -0.1) is 11.8 Å². The zero-order valence-electron chi connectivity index (χ0n) is 18.4. The Morgan fingerprint density at radius 1 is 0.912 bits per heavy atom. The molecular weight excluding hydrogens is 450 g/mol. The summed E-state index contributed by atoms with van der Waals surface area (Å²) in [4.78, 5) is 4.09. The highest BCUT2D eigenvalue weighted by Gasteiger charge is 2.50. The lowest BCUT2D eigenvalue weighted by Gasteiger charge is -2.48. The van der Waals surface area contributed by atoms with Crippen LogP contribution in [0.2, 0.25) is 0 Å². The molecule has 0 aromatic heterocycles. The van der Waals surface area contributed by atoms with Crippen LogP contribution < -0.4 is 0 Å². The first kappa shape index (κ1) is 22.9. The predicted molar refractivity (Wildman–Crippen MR) is 129 cm³/mol. The zero-order valence-corrected chi connectivity index (χ0v) is 19.2. The number of hydrogen-bond acceptors (Lipinski definition) is 6. The van der Waals surface area contributed by atoms with Gasteiger partial charge in [0.05, 0.1) is 18.5 Å². The molecule has 6 atom stereocenters. The largest absolute Gasteiger partial charge is 0.369 e. The second-order valence-corrected chi connectivity index (χ2v) is 9.35. The summed E-state index contributed by atoms with van der Waals surface area (Å²) < 4.78 is 25.2. The molecule has 2 fully saturated rings. The van der Waals surface area contributed by atoms with Crippen molar-refractivity contribution in [2.24, 2.45) is 5.11 Å². The van der Waals surface area contributed by atoms with Crippen molar-refractivity contribution in [1.82, 2.24) is 0 Å². The fourth-order valence-corrected chi connectivity index (χ4v) is 5.46. The minimum absolute atomic E-state index is 0.308. The van der Waals surface area contributed by atoms with Gasteiger partial charge in [0.1, 0.15) is 18.3 Å². The summed E-state index contributed by atoms with van der Waals surface area (Å²) in [5.41, 5.74) is 11.2. The summed E-state index contributed by atoms with van der Waals surface area (Å²) in [6.45, 7) is 0.722. The van der Waals surface area contributed by atoms with Crippen LogP contribution in [-0.2, 0) is 25.6 Å². The Labute approximate surface area is 202 Å². The van der Waals surface area contributed by atoms with Gasteiger partial charge in [0.25, 0.3) is 0 Å². The topological polar surface area (TPSA) is 85.7 Å². The number of hydrogen-bond donors (Lipinski definition) is 0. The first-order valence-corrected chi connectivity index (χ1v) is 12.1. The molecule has 3 aromatic carbocycles. The van der Waals surface area contributed by atoms with E-state index in [1.807, 2.05) is 91.0 Å². The molecule has 0 radical (unpaired) electrons. The van der Waals surface area contributed by atoms with E-state index in [4.69, 9.17) is 18.9 Å². The Bertz CT molecular complexity index is 1100. The van der Waals surface area contributed by atoms with Crippen LogP contribution in [0.3, 0.4) is 0 Å². The lowest BCUT2D eigenvalue weighted by Crippen LogP contribution is -2.61. The maximum atomic E-state index is 9.25. The number of nitrogens with zero attached hydrogens (tertiary/aromatic N) is 3. The minimum atomic E-state index is -0.724. The van der Waals surface area contributed by atoms with Crippen LogP contribution in [-0.4, -0.2) is 36.4 Å². The number of thioether (sulfide) groups is 1. The Kier molecular flexibility index (Phi) is 7.46. The summed E-state index contributed by atoms with van der Waals surface area (Å²) >= 11 is 1.57. The predicted octanol–water partition coefficient (Wildman–Crippen LogP) is 5.88. The third-order valence-corrected chi connectivity index (χ3v) is 7.16. The van der Waals surface area contributed by atoms with E-state index in [1.165, 1.54) is 0 Å². The average molecular weight is 476 g/mol. The summed E-state index contributed by atoms with van der Waals surface area (Å²) in [7, 11) is 0. The quantitative estimate of drug-likeness (QED) is 0.242. The van der Waals surface area contributed by atoms with E-state index in [0.717, 1.165) is 16.0 Å². The Hall–Kier alpha value is -2.84. The lowest BCUT2D eigenvalue weighted by atomic mass is 9.98. The van der Waals surface area contributed by atoms with Crippen LogP contribution >= 0.6 is 11.8 Å². The van der Waals surface area contributed by atoms with Crippen molar-refractivity contribution in [2.45, 2.75) is 47.6 Å². The lowest BCUT2D eigenvalue weighted by molar-refractivity contribution is -0.313. The molecule has 34 heavy (non-hydrogen) atoms. The van der Waals surface area contributed by atoms with Crippen molar-refractivity contribution in [3.63, 3.8) is 0 Å². The molecule has 2 saturated heterocycles. The van der Waals surface area contributed by atoms with Gasteiger partial charge >= 0.3 is 0 Å². The van der Waals surface area contributed by atoms with Crippen LogP contribution in [0.15, 0.2) is 101 Å². The highest BCUT2D eigenvalue weighted by molar-refractivity contribution is 8.00. The van der Waals surface area contributed by atoms with E-state index in [0.29, 0.717) is 13.2 Å². The molecule has 1 unspecified atom stereocenters. The van der Waals surface area contributed by atoms with E-state index in [-0.39, 0.29) is 5.25 Å². The van der Waals surface area contributed by atoms with Gasteiger partial charge in [-0.2, -0.15) is 0 Å². The van der Waals surface area contributed by atoms with Gasteiger partial charge in [0.2, 0.25) is 0 Å². The SMILES string of the molecule is [N-]=[N+]=N[C@@H]1O[C@@H]2COC(c3ccccc3)O[C@H]2[C@H](OCc2ccccc2)[C@@H]1Sc1ccccc1. The van der Waals surface area contributed by atoms with E-state index < -0.39 is 30.8 Å². The number of benzene rings is 3. The van der Waals surface area contributed by atoms with Gasteiger partial charge in [-0.05, 0) is 23.2 Å². The van der Waals surface area contributed by atoms with E-state index >= 15 is 0 Å². The van der Waals surface area contributed by atoms with Crippen LogP contribution in [0, 0.1) is 0 Å². The fourth-order valence-electron chi connectivity index (χ4n) is 4.22. The molecule has 3 aromatic rings. The monoisotopic (exact) mass is 475 g/mol. The summed E-state index contributed by atoms with van der Waals surface area (Å²) in [5.74, 6) is 0. The third-order valence-electron chi connectivity index (χ3n) is 5.84. The van der Waals surface area contributed by atoms with Crippen molar-refractivity contribution in [3.05, 3.63) is 113 Å². The third kappa shape index (κ3) is 5.28. The van der Waals surface area contributed by atoms with Gasteiger partial charge < -0.3 is 18.9 Å². The molecule has 2 aliphatic rings. The molecule has 0 amide bonds. The molecule has 0 bridgehead atoms. The molecule has 8 heteroatoms. The van der Waals surface area contributed by atoms with Crippen LogP contribution in [0.5, 0.6) is 0 Å². The first-order chi connectivity index (χ1) is 16.8. The van der Waals surface area contributed by atoms with Crippen LogP contribution in [0.25, 0.3) is 10.4 Å². The smallest absolute Gasteiger partial charge is 0.184 e. The Morgan fingerprint density at radius 2 is 1.59 bits per heavy atom. The number of ether oxygens (including phenoxy) is 4. The van der Waals surface area contributed by atoms with Gasteiger partial charge in [-0.1, -0.05) is 84.0 Å². The molecule has 0 N–H and O–H groups in total. The fraction of sp³-hybridized carbons (Fsp3) is 0.308. The summed E-state index contributed by atoms with van der Waals surface area (Å²) in [5, 5.41) is 3.67. The second-order valence-electron chi connectivity index (χ2n) is 8.10. The van der Waals surface area contributed by atoms with Gasteiger partial charge in [-0.3, -0.25) is 0 Å². The molecule has 5 rings (SSSR count).